The largest absolute Gasteiger partial charge is 0.388 e. The topological polar surface area (TPSA) is 206 Å². The summed E-state index contributed by atoms with van der Waals surface area (Å²) in [5.41, 5.74) is 6.21. The van der Waals surface area contributed by atoms with E-state index in [9.17, 15) is 9.90 Å². The number of halogens is 3. The molecule has 7 aromatic rings. The molecule has 5 saturated heterocycles. The van der Waals surface area contributed by atoms with Crippen molar-refractivity contribution in [3.05, 3.63) is 264 Å². The molecule has 0 bridgehead atoms. The van der Waals surface area contributed by atoms with Crippen molar-refractivity contribution in [3.8, 4) is 0 Å². The van der Waals surface area contributed by atoms with Crippen molar-refractivity contribution in [3.63, 3.8) is 0 Å². The van der Waals surface area contributed by atoms with E-state index in [1.54, 1.807) is 19.9 Å². The molecule has 5 aliphatic heterocycles. The van der Waals surface area contributed by atoms with Crippen LogP contribution in [0.2, 0.25) is 0 Å². The van der Waals surface area contributed by atoms with E-state index in [0.717, 1.165) is 38.9 Å². The number of hydrogen-bond acceptors (Lipinski definition) is 19. The van der Waals surface area contributed by atoms with Gasteiger partial charge >= 0.3 is 0 Å². The minimum atomic E-state index is -2.54. The quantitative estimate of drug-likeness (QED) is 0.0290. The molecule has 2 N–H and O–H groups in total. The zero-order chi connectivity index (χ0) is 73.1. The first-order valence-corrected chi connectivity index (χ1v) is 36.9. The van der Waals surface area contributed by atoms with Crippen LogP contribution in [-0.2, 0) is 132 Å². The van der Waals surface area contributed by atoms with Gasteiger partial charge < -0.3 is 90.9 Å². The van der Waals surface area contributed by atoms with Crippen LogP contribution in [0.25, 0.3) is 0 Å². The number of fused-ring (bicyclic) bond motifs is 1. The number of carbonyl (C=O) groups is 1. The Bertz CT molecular complexity index is 3700. The maximum Gasteiger partial charge on any atom is 0.272 e. The molecule has 0 saturated carbocycles. The van der Waals surface area contributed by atoms with Crippen LogP contribution < -0.4 is 5.32 Å². The van der Waals surface area contributed by atoms with Crippen molar-refractivity contribution < 1.29 is 90.4 Å². The number of ether oxygens (including phenoxy) is 17. The van der Waals surface area contributed by atoms with Gasteiger partial charge in [0.05, 0.1) is 91.0 Å². The standard InChI is InChI=1S/C82H94Cl3NO19/c1-6-42-91-77-69(62(50-89-43-55-28-14-7-15-29-55)67(53(2)98-77)92-45-57-32-18-9-19-33-57)102-79-75(104-76-65(86-80(88)82(83,84)85)66(87)70-64(100-76)52-97-81(4,5)105-70)73(68(54(3)99-79)93-46-58-34-20-10-21-35-58)103-78-74(96-49-61-40-26-13-27-41-61)72(95-48-60-38-24-12-25-39-60)71(94-47-59-36-22-11-23-37-59)63(101-78)51-90-44-56-30-16-8-17-31-56/h6-41,53-54,62-79,87H,1,42-52H2,2-5H3,(H,86,88)/t53-,54-,62+,63-,64+,65+,66+,67-,68-,69+,70+,71-,72+,73+,74+,75+,76-,77+,78-,79-/m0/s1. The van der Waals surface area contributed by atoms with Crippen molar-refractivity contribution in [1.29, 1.82) is 0 Å². The highest BCUT2D eigenvalue weighted by Crippen LogP contribution is 2.43. The molecule has 0 unspecified atom stereocenters. The lowest BCUT2D eigenvalue weighted by Crippen LogP contribution is -2.71. The number of amides is 1. The van der Waals surface area contributed by atoms with E-state index in [2.05, 4.69) is 11.9 Å². The number of rotatable bonds is 33. The maximum atomic E-state index is 14.2. The Hall–Kier alpha value is -6.10. The molecule has 12 rings (SSSR count). The lowest BCUT2D eigenvalue weighted by atomic mass is 9.89. The summed E-state index contributed by atoms with van der Waals surface area (Å²) in [6.45, 7) is 12.2. The lowest BCUT2D eigenvalue weighted by Gasteiger charge is -2.53. The van der Waals surface area contributed by atoms with Gasteiger partial charge in [-0.25, -0.2) is 0 Å². The van der Waals surface area contributed by atoms with Gasteiger partial charge in [0.15, 0.2) is 30.9 Å². The van der Waals surface area contributed by atoms with E-state index in [4.69, 9.17) is 115 Å². The van der Waals surface area contributed by atoms with E-state index in [1.165, 1.54) is 0 Å². The molecule has 0 aliphatic carbocycles. The van der Waals surface area contributed by atoms with E-state index >= 15 is 0 Å². The summed E-state index contributed by atoms with van der Waals surface area (Å²) in [7, 11) is 0. The highest BCUT2D eigenvalue weighted by molar-refractivity contribution is 6.76. The Morgan fingerprint density at radius 1 is 0.476 bits per heavy atom. The zero-order valence-electron chi connectivity index (χ0n) is 59.2. The fraction of sp³-hybridized carbons (Fsp3) is 0.451. The number of hydrogen-bond donors (Lipinski definition) is 2. The van der Waals surface area contributed by atoms with Gasteiger partial charge in [0.25, 0.3) is 9.70 Å². The van der Waals surface area contributed by atoms with Crippen molar-refractivity contribution in [2.24, 2.45) is 5.92 Å². The van der Waals surface area contributed by atoms with Gasteiger partial charge in [0, 0.05) is 5.92 Å². The van der Waals surface area contributed by atoms with E-state index in [0.29, 0.717) is 0 Å². The number of benzene rings is 7. The van der Waals surface area contributed by atoms with E-state index in [1.807, 2.05) is 226 Å². The average molecular weight is 1500 g/mol. The average Bonchev–Trinajstić information content (AvgIpc) is 0.758. The minimum Gasteiger partial charge on any atom is -0.388 e. The second-order valence-electron chi connectivity index (χ2n) is 27.2. The van der Waals surface area contributed by atoms with Crippen LogP contribution in [-0.4, -0.2) is 164 Å². The normalized spacial score (nSPS) is 30.4. The van der Waals surface area contributed by atoms with Gasteiger partial charge in [0.1, 0.15) is 73.2 Å². The maximum absolute atomic E-state index is 14.2. The zero-order valence-corrected chi connectivity index (χ0v) is 61.5. The highest BCUT2D eigenvalue weighted by Gasteiger charge is 2.60. The van der Waals surface area contributed by atoms with Gasteiger partial charge in [-0.1, -0.05) is 253 Å². The predicted octanol–water partition coefficient (Wildman–Crippen LogP) is 12.6. The van der Waals surface area contributed by atoms with Gasteiger partial charge in [-0.3, -0.25) is 4.79 Å². The summed E-state index contributed by atoms with van der Waals surface area (Å²) < 4.78 is 117. The van der Waals surface area contributed by atoms with Gasteiger partial charge in [-0.2, -0.15) is 0 Å². The molecule has 0 radical (unpaired) electrons. The third-order valence-electron chi connectivity index (χ3n) is 19.0. The van der Waals surface area contributed by atoms with Crippen LogP contribution in [0.1, 0.15) is 66.6 Å². The summed E-state index contributed by atoms with van der Waals surface area (Å²) in [4.78, 5) is 14.2. The Labute approximate surface area is 629 Å². The molecular formula is C82H94Cl3NO19. The molecule has 105 heavy (non-hydrogen) atoms. The Morgan fingerprint density at radius 2 is 0.876 bits per heavy atom. The first-order valence-electron chi connectivity index (χ1n) is 35.7. The molecule has 7 aromatic carbocycles. The molecule has 5 fully saturated rings. The summed E-state index contributed by atoms with van der Waals surface area (Å²) in [5, 5.41) is 15.5. The van der Waals surface area contributed by atoms with E-state index < -0.39 is 138 Å². The SMILES string of the molecule is C=CCO[C@@H]1O[C@@H](C)[C@H](OCc2ccccc2)[C@@H](COCc2ccccc2)[C@H]1O[C@@H]1O[C@@H](C)[C@H](OCc2ccccc2)[C@@H](O[C@@H]2O[C@@H](COCc3ccccc3)[C@H](OCc3ccccc3)[C@@H](OCc3ccccc3)[C@H]2OCc2ccccc2)[C@H]1O[C@@H]1O[C@@H]2COC(C)(C)O[C@H]2[C@H](O)[C@H]1NC(=O)C(Cl)(Cl)Cl. The second-order valence-corrected chi connectivity index (χ2v) is 29.5. The molecule has 23 heteroatoms. The molecule has 1 amide bonds. The summed E-state index contributed by atoms with van der Waals surface area (Å²) in [6.07, 6.45) is -19.3. The molecule has 5 heterocycles. The number of nitrogens with one attached hydrogen (secondary N) is 1. The molecular weight excluding hydrogens is 1410 g/mol. The van der Waals surface area contributed by atoms with Crippen molar-refractivity contribution in [2.45, 2.75) is 200 Å². The van der Waals surface area contributed by atoms with Crippen LogP contribution in [0.4, 0.5) is 0 Å². The fourth-order valence-corrected chi connectivity index (χ4v) is 13.9. The highest BCUT2D eigenvalue weighted by atomic mass is 35.6. The van der Waals surface area contributed by atoms with Crippen LogP contribution in [0.3, 0.4) is 0 Å². The monoisotopic (exact) mass is 1500 g/mol. The summed E-state index contributed by atoms with van der Waals surface area (Å²) in [6, 6.07) is 66.9. The van der Waals surface area contributed by atoms with Crippen molar-refractivity contribution in [2.75, 3.05) is 26.4 Å². The van der Waals surface area contributed by atoms with Crippen LogP contribution in [0.5, 0.6) is 0 Å². The van der Waals surface area contributed by atoms with Gasteiger partial charge in [-0.15, -0.1) is 6.58 Å². The van der Waals surface area contributed by atoms with Gasteiger partial charge in [0.2, 0.25) is 0 Å². The smallest absolute Gasteiger partial charge is 0.272 e. The third-order valence-corrected chi connectivity index (χ3v) is 19.5. The third kappa shape index (κ3) is 21.7. The van der Waals surface area contributed by atoms with Gasteiger partial charge in [-0.05, 0) is 66.6 Å². The molecule has 5 aliphatic rings. The lowest BCUT2D eigenvalue weighted by molar-refractivity contribution is -0.415. The number of aliphatic hydroxyl groups is 1. The van der Waals surface area contributed by atoms with Crippen molar-refractivity contribution in [1.82, 2.24) is 5.32 Å². The fourth-order valence-electron chi connectivity index (χ4n) is 13.7. The van der Waals surface area contributed by atoms with Crippen LogP contribution in [0, 0.1) is 5.92 Å². The summed E-state index contributed by atoms with van der Waals surface area (Å²) in [5.74, 6) is -2.99. The van der Waals surface area contributed by atoms with Crippen LogP contribution >= 0.6 is 34.8 Å². The first kappa shape index (κ1) is 78.5. The number of carbonyl (C=O) groups excluding carboxylic acids is 1. The second kappa shape index (κ2) is 38.3. The molecule has 0 aromatic heterocycles. The van der Waals surface area contributed by atoms with Crippen molar-refractivity contribution >= 4 is 40.7 Å². The number of aliphatic hydroxyl groups excluding tert-OH is 1. The summed E-state index contributed by atoms with van der Waals surface area (Å²) >= 11 is 19.1. The molecule has 20 atom stereocenters. The molecule has 0 spiro atoms. The Morgan fingerprint density at radius 3 is 1.36 bits per heavy atom. The number of alkyl halides is 3. The Balaban J connectivity index is 1.01. The molecule has 20 nitrogen and oxygen atoms in total. The Kier molecular flexibility index (Phi) is 28.6. The minimum absolute atomic E-state index is 0.0239. The van der Waals surface area contributed by atoms with Crippen LogP contribution in [0.15, 0.2) is 225 Å². The first-order chi connectivity index (χ1) is 51.0. The molecule has 562 valence electrons. The van der Waals surface area contributed by atoms with E-state index in [-0.39, 0.29) is 72.7 Å². The predicted molar refractivity (Wildman–Crippen MR) is 391 cm³/mol.